The van der Waals surface area contributed by atoms with Crippen molar-refractivity contribution in [2.24, 2.45) is 7.05 Å². The van der Waals surface area contributed by atoms with Crippen LogP contribution in [0.5, 0.6) is 5.75 Å². The largest absolute Gasteiger partial charge is 0.507 e. The lowest BCUT2D eigenvalue weighted by Gasteiger charge is -1.98. The van der Waals surface area contributed by atoms with Crippen LogP contribution in [0.3, 0.4) is 0 Å². The molecule has 0 aliphatic rings. The minimum atomic E-state index is 0.214. The number of aromatic hydroxyl groups is 1. The van der Waals surface area contributed by atoms with Crippen LogP contribution in [0.4, 0.5) is 5.82 Å². The summed E-state index contributed by atoms with van der Waals surface area (Å²) < 4.78 is 1.57. The summed E-state index contributed by atoms with van der Waals surface area (Å²) in [5, 5.41) is 13.7. The molecule has 0 aliphatic carbocycles. The Morgan fingerprint density at radius 2 is 2.07 bits per heavy atom. The number of phenolic OH excluding ortho intramolecular Hbond substituents is 1. The van der Waals surface area contributed by atoms with Gasteiger partial charge in [0.1, 0.15) is 11.6 Å². The molecule has 0 unspecified atom stereocenters. The maximum atomic E-state index is 9.57. The standard InChI is InChI=1S/C10H11N3O/c1-13-10(11)6-8(12-13)7-4-2-3-5-9(7)14/h2-6,14H,11H2,1H3. The van der Waals surface area contributed by atoms with Gasteiger partial charge in [0, 0.05) is 18.7 Å². The van der Waals surface area contributed by atoms with E-state index in [0.29, 0.717) is 17.1 Å². The highest BCUT2D eigenvalue weighted by atomic mass is 16.3. The highest BCUT2D eigenvalue weighted by molar-refractivity contribution is 5.68. The number of hydrogen-bond acceptors (Lipinski definition) is 3. The Hall–Kier alpha value is -1.97. The summed E-state index contributed by atoms with van der Waals surface area (Å²) in [6.45, 7) is 0. The van der Waals surface area contributed by atoms with Gasteiger partial charge in [0.15, 0.2) is 0 Å². The monoisotopic (exact) mass is 189 g/mol. The number of benzene rings is 1. The van der Waals surface area contributed by atoms with Crippen LogP contribution in [0.25, 0.3) is 11.3 Å². The molecule has 1 heterocycles. The molecule has 14 heavy (non-hydrogen) atoms. The maximum Gasteiger partial charge on any atom is 0.125 e. The molecule has 2 rings (SSSR count). The molecule has 0 atom stereocenters. The van der Waals surface area contributed by atoms with Crippen LogP contribution in [0, 0.1) is 0 Å². The number of nitrogens with two attached hydrogens (primary N) is 1. The van der Waals surface area contributed by atoms with E-state index in [1.165, 1.54) is 0 Å². The third-order valence-electron chi connectivity index (χ3n) is 2.10. The first-order valence-corrected chi connectivity index (χ1v) is 4.26. The lowest BCUT2D eigenvalue weighted by molar-refractivity contribution is 0.477. The number of anilines is 1. The van der Waals surface area contributed by atoms with E-state index < -0.39 is 0 Å². The summed E-state index contributed by atoms with van der Waals surface area (Å²) in [6.07, 6.45) is 0. The molecule has 3 N–H and O–H groups in total. The molecule has 0 amide bonds. The van der Waals surface area contributed by atoms with Gasteiger partial charge in [0.2, 0.25) is 0 Å². The molecule has 0 aliphatic heterocycles. The van der Waals surface area contributed by atoms with Crippen molar-refractivity contribution >= 4 is 5.82 Å². The van der Waals surface area contributed by atoms with E-state index in [1.54, 1.807) is 36.0 Å². The first-order valence-electron chi connectivity index (χ1n) is 4.26. The van der Waals surface area contributed by atoms with Crippen molar-refractivity contribution in [1.82, 2.24) is 9.78 Å². The molecule has 0 bridgehead atoms. The normalized spacial score (nSPS) is 10.4. The van der Waals surface area contributed by atoms with Crippen molar-refractivity contribution in [3.8, 4) is 17.0 Å². The molecule has 1 aromatic heterocycles. The summed E-state index contributed by atoms with van der Waals surface area (Å²) in [6, 6.07) is 8.78. The Labute approximate surface area is 81.6 Å². The van der Waals surface area contributed by atoms with Crippen LogP contribution in [0.15, 0.2) is 30.3 Å². The molecular formula is C10H11N3O. The Bertz CT molecular complexity index is 443. The number of para-hydroxylation sites is 1. The molecule has 0 fully saturated rings. The maximum absolute atomic E-state index is 9.57. The molecule has 0 radical (unpaired) electrons. The number of nitrogens with zero attached hydrogens (tertiary/aromatic N) is 2. The van der Waals surface area contributed by atoms with Gasteiger partial charge in [-0.25, -0.2) is 0 Å². The van der Waals surface area contributed by atoms with E-state index in [2.05, 4.69) is 5.10 Å². The van der Waals surface area contributed by atoms with Gasteiger partial charge >= 0.3 is 0 Å². The Balaban J connectivity index is 2.55. The molecule has 1 aromatic carbocycles. The fraction of sp³-hybridized carbons (Fsp3) is 0.100. The highest BCUT2D eigenvalue weighted by Crippen LogP contribution is 2.28. The third-order valence-corrected chi connectivity index (χ3v) is 2.10. The van der Waals surface area contributed by atoms with Crippen molar-refractivity contribution in [2.45, 2.75) is 0 Å². The topological polar surface area (TPSA) is 64.1 Å². The van der Waals surface area contributed by atoms with Crippen LogP contribution in [0.2, 0.25) is 0 Å². The van der Waals surface area contributed by atoms with E-state index >= 15 is 0 Å². The number of aromatic nitrogens is 2. The zero-order valence-electron chi connectivity index (χ0n) is 7.81. The molecule has 0 spiro atoms. The molecule has 0 saturated carbocycles. The minimum absolute atomic E-state index is 0.214. The lowest BCUT2D eigenvalue weighted by Crippen LogP contribution is -1.96. The van der Waals surface area contributed by atoms with Gasteiger partial charge in [-0.2, -0.15) is 5.10 Å². The van der Waals surface area contributed by atoms with Crippen LogP contribution >= 0.6 is 0 Å². The van der Waals surface area contributed by atoms with E-state index in [-0.39, 0.29) is 5.75 Å². The lowest BCUT2D eigenvalue weighted by atomic mass is 10.1. The van der Waals surface area contributed by atoms with Crippen molar-refractivity contribution in [2.75, 3.05) is 5.73 Å². The molecule has 72 valence electrons. The van der Waals surface area contributed by atoms with Crippen molar-refractivity contribution in [3.63, 3.8) is 0 Å². The van der Waals surface area contributed by atoms with Gasteiger partial charge in [-0.1, -0.05) is 12.1 Å². The van der Waals surface area contributed by atoms with Crippen LogP contribution in [-0.2, 0) is 7.05 Å². The summed E-state index contributed by atoms with van der Waals surface area (Å²) >= 11 is 0. The minimum Gasteiger partial charge on any atom is -0.507 e. The van der Waals surface area contributed by atoms with Gasteiger partial charge in [-0.3, -0.25) is 4.68 Å². The van der Waals surface area contributed by atoms with E-state index in [0.717, 1.165) is 0 Å². The average molecular weight is 189 g/mol. The molecule has 0 saturated heterocycles. The Kier molecular flexibility index (Phi) is 1.89. The Morgan fingerprint density at radius 3 is 2.64 bits per heavy atom. The van der Waals surface area contributed by atoms with Crippen LogP contribution in [-0.4, -0.2) is 14.9 Å². The number of phenols is 1. The zero-order chi connectivity index (χ0) is 10.1. The molecular weight excluding hydrogens is 178 g/mol. The average Bonchev–Trinajstić information content (AvgIpc) is 2.48. The quantitative estimate of drug-likeness (QED) is 0.712. The summed E-state index contributed by atoms with van der Waals surface area (Å²) in [4.78, 5) is 0. The van der Waals surface area contributed by atoms with Crippen molar-refractivity contribution < 1.29 is 5.11 Å². The van der Waals surface area contributed by atoms with E-state index in [9.17, 15) is 5.11 Å². The predicted molar refractivity (Wildman–Crippen MR) is 54.7 cm³/mol. The molecule has 2 aromatic rings. The van der Waals surface area contributed by atoms with Gasteiger partial charge < -0.3 is 10.8 Å². The third kappa shape index (κ3) is 1.31. The zero-order valence-corrected chi connectivity index (χ0v) is 7.81. The predicted octanol–water partition coefficient (Wildman–Crippen LogP) is 1.37. The number of hydrogen-bond donors (Lipinski definition) is 2. The summed E-state index contributed by atoms with van der Waals surface area (Å²) in [5.41, 5.74) is 7.02. The Morgan fingerprint density at radius 1 is 1.36 bits per heavy atom. The van der Waals surface area contributed by atoms with Crippen LogP contribution in [0.1, 0.15) is 0 Å². The van der Waals surface area contributed by atoms with Gasteiger partial charge in [-0.05, 0) is 12.1 Å². The van der Waals surface area contributed by atoms with Crippen molar-refractivity contribution in [3.05, 3.63) is 30.3 Å². The SMILES string of the molecule is Cn1nc(-c2ccccc2O)cc1N. The number of aryl methyl sites for hydroxylation is 1. The van der Waals surface area contributed by atoms with Crippen LogP contribution < -0.4 is 5.73 Å². The molecule has 4 heteroatoms. The smallest absolute Gasteiger partial charge is 0.125 e. The summed E-state index contributed by atoms with van der Waals surface area (Å²) in [7, 11) is 1.76. The first-order chi connectivity index (χ1) is 6.68. The molecule has 4 nitrogen and oxygen atoms in total. The summed E-state index contributed by atoms with van der Waals surface area (Å²) in [5.74, 6) is 0.786. The van der Waals surface area contributed by atoms with E-state index in [1.807, 2.05) is 6.07 Å². The fourth-order valence-electron chi connectivity index (χ4n) is 1.30. The second-order valence-corrected chi connectivity index (χ2v) is 3.10. The number of rotatable bonds is 1. The van der Waals surface area contributed by atoms with Crippen molar-refractivity contribution in [1.29, 1.82) is 0 Å². The number of nitrogen functional groups attached to an aromatic ring is 1. The van der Waals surface area contributed by atoms with Gasteiger partial charge in [-0.15, -0.1) is 0 Å². The first kappa shape index (κ1) is 8.62. The van der Waals surface area contributed by atoms with Gasteiger partial charge in [0.25, 0.3) is 0 Å². The second-order valence-electron chi connectivity index (χ2n) is 3.10. The van der Waals surface area contributed by atoms with Gasteiger partial charge in [0.05, 0.1) is 5.69 Å². The second kappa shape index (κ2) is 3.06. The fourth-order valence-corrected chi connectivity index (χ4v) is 1.30. The van der Waals surface area contributed by atoms with E-state index in [4.69, 9.17) is 5.73 Å². The highest BCUT2D eigenvalue weighted by Gasteiger charge is 2.07.